The predicted molar refractivity (Wildman–Crippen MR) is 79.8 cm³/mol. The van der Waals surface area contributed by atoms with Gasteiger partial charge in [-0.2, -0.15) is 0 Å². The van der Waals surface area contributed by atoms with Crippen LogP contribution in [0, 0.1) is 5.92 Å². The fraction of sp³-hybridized carbons (Fsp3) is 0.600. The van der Waals surface area contributed by atoms with Crippen molar-refractivity contribution < 1.29 is 0 Å². The third kappa shape index (κ3) is 2.72. The van der Waals surface area contributed by atoms with Gasteiger partial charge >= 0.3 is 0 Å². The van der Waals surface area contributed by atoms with Crippen LogP contribution in [0.25, 0.3) is 0 Å². The van der Waals surface area contributed by atoms with Crippen LogP contribution >= 0.6 is 15.9 Å². The van der Waals surface area contributed by atoms with Gasteiger partial charge in [0.2, 0.25) is 0 Å². The van der Waals surface area contributed by atoms with Crippen LogP contribution in [-0.2, 0) is 0 Å². The summed E-state index contributed by atoms with van der Waals surface area (Å²) in [7, 11) is 0. The van der Waals surface area contributed by atoms with Gasteiger partial charge in [0.15, 0.2) is 0 Å². The number of nitrogens with two attached hydrogens (primary N) is 1. The molecule has 98 valence electrons. The molecule has 0 heterocycles. The van der Waals surface area contributed by atoms with E-state index in [9.17, 15) is 0 Å². The summed E-state index contributed by atoms with van der Waals surface area (Å²) in [5.41, 5.74) is 8.49. The SMILES string of the molecule is CC(N)c1ccc(N(CC2CC2)C2CC2)c(Br)c1. The molecule has 0 bridgehead atoms. The molecule has 3 rings (SSSR count). The van der Waals surface area contributed by atoms with Gasteiger partial charge in [-0.25, -0.2) is 0 Å². The second-order valence-corrected chi connectivity index (χ2v) is 6.68. The number of halogens is 1. The van der Waals surface area contributed by atoms with Crippen LogP contribution in [0.15, 0.2) is 22.7 Å². The van der Waals surface area contributed by atoms with Gasteiger partial charge in [0, 0.05) is 23.1 Å². The Kier molecular flexibility index (Phi) is 3.37. The largest absolute Gasteiger partial charge is 0.367 e. The first-order chi connectivity index (χ1) is 8.65. The Hall–Kier alpha value is -0.540. The Labute approximate surface area is 118 Å². The molecule has 3 heteroatoms. The van der Waals surface area contributed by atoms with Crippen LogP contribution < -0.4 is 10.6 Å². The van der Waals surface area contributed by atoms with Gasteiger partial charge in [-0.05, 0) is 72.2 Å². The molecule has 18 heavy (non-hydrogen) atoms. The summed E-state index contributed by atoms with van der Waals surface area (Å²) in [6.07, 6.45) is 5.54. The van der Waals surface area contributed by atoms with Gasteiger partial charge in [-0.3, -0.25) is 0 Å². The normalized spacial score (nSPS) is 20.8. The first kappa shape index (κ1) is 12.5. The highest BCUT2D eigenvalue weighted by Crippen LogP contribution is 2.40. The lowest BCUT2D eigenvalue weighted by Crippen LogP contribution is -2.28. The van der Waals surface area contributed by atoms with E-state index in [1.54, 1.807) is 0 Å². The number of hydrogen-bond donors (Lipinski definition) is 1. The summed E-state index contributed by atoms with van der Waals surface area (Å²) in [6, 6.07) is 7.48. The number of benzene rings is 1. The molecule has 0 saturated heterocycles. The van der Waals surface area contributed by atoms with Crippen molar-refractivity contribution in [2.75, 3.05) is 11.4 Å². The van der Waals surface area contributed by atoms with E-state index in [-0.39, 0.29) is 6.04 Å². The zero-order chi connectivity index (χ0) is 12.7. The van der Waals surface area contributed by atoms with Crippen LogP contribution in [0.1, 0.15) is 44.2 Å². The zero-order valence-corrected chi connectivity index (χ0v) is 12.5. The summed E-state index contributed by atoms with van der Waals surface area (Å²) in [4.78, 5) is 2.60. The molecule has 2 fully saturated rings. The fourth-order valence-corrected chi connectivity index (χ4v) is 3.07. The molecule has 0 spiro atoms. The van der Waals surface area contributed by atoms with Gasteiger partial charge in [-0.15, -0.1) is 0 Å². The Balaban J connectivity index is 1.83. The molecule has 1 unspecified atom stereocenters. The molecule has 2 nitrogen and oxygen atoms in total. The van der Waals surface area contributed by atoms with E-state index in [0.717, 1.165) is 12.0 Å². The number of nitrogens with zero attached hydrogens (tertiary/aromatic N) is 1. The number of anilines is 1. The molecule has 2 saturated carbocycles. The van der Waals surface area contributed by atoms with E-state index in [1.807, 2.05) is 6.92 Å². The minimum absolute atomic E-state index is 0.105. The Morgan fingerprint density at radius 1 is 1.33 bits per heavy atom. The molecule has 2 N–H and O–H groups in total. The van der Waals surface area contributed by atoms with Crippen LogP contribution in [0.5, 0.6) is 0 Å². The minimum Gasteiger partial charge on any atom is -0.367 e. The van der Waals surface area contributed by atoms with E-state index < -0.39 is 0 Å². The number of hydrogen-bond acceptors (Lipinski definition) is 2. The van der Waals surface area contributed by atoms with Crippen molar-refractivity contribution >= 4 is 21.6 Å². The highest BCUT2D eigenvalue weighted by Gasteiger charge is 2.34. The first-order valence-corrected chi connectivity index (χ1v) is 7.76. The highest BCUT2D eigenvalue weighted by atomic mass is 79.9. The van der Waals surface area contributed by atoms with Gasteiger partial charge in [0.25, 0.3) is 0 Å². The van der Waals surface area contributed by atoms with Crippen molar-refractivity contribution in [3.63, 3.8) is 0 Å². The van der Waals surface area contributed by atoms with Crippen LogP contribution in [-0.4, -0.2) is 12.6 Å². The van der Waals surface area contributed by atoms with Crippen LogP contribution in [0.4, 0.5) is 5.69 Å². The van der Waals surface area contributed by atoms with E-state index in [4.69, 9.17) is 5.73 Å². The maximum atomic E-state index is 5.94. The standard InChI is InChI=1S/C15H21BrN2/c1-10(17)12-4-7-15(14(16)8-12)18(13-5-6-13)9-11-2-3-11/h4,7-8,10-11,13H,2-3,5-6,9,17H2,1H3. The zero-order valence-electron chi connectivity index (χ0n) is 10.9. The highest BCUT2D eigenvalue weighted by molar-refractivity contribution is 9.10. The molecule has 1 aromatic carbocycles. The van der Waals surface area contributed by atoms with Crippen molar-refractivity contribution in [2.24, 2.45) is 11.7 Å². The summed E-state index contributed by atoms with van der Waals surface area (Å²) < 4.78 is 1.20. The van der Waals surface area contributed by atoms with Crippen molar-refractivity contribution in [1.29, 1.82) is 0 Å². The second-order valence-electron chi connectivity index (χ2n) is 5.83. The maximum Gasteiger partial charge on any atom is 0.0513 e. The molecule has 0 amide bonds. The average molecular weight is 309 g/mol. The number of rotatable bonds is 5. The third-order valence-corrected chi connectivity index (χ3v) is 4.58. The second kappa shape index (κ2) is 4.86. The topological polar surface area (TPSA) is 29.3 Å². The van der Waals surface area contributed by atoms with Crippen LogP contribution in [0.3, 0.4) is 0 Å². The maximum absolute atomic E-state index is 5.94. The molecule has 2 aliphatic carbocycles. The van der Waals surface area contributed by atoms with Gasteiger partial charge < -0.3 is 10.6 Å². The lowest BCUT2D eigenvalue weighted by molar-refractivity contribution is 0.716. The van der Waals surface area contributed by atoms with Crippen LogP contribution in [0.2, 0.25) is 0 Å². The first-order valence-electron chi connectivity index (χ1n) is 6.97. The quantitative estimate of drug-likeness (QED) is 0.895. The molecule has 1 atom stereocenters. The molecular formula is C15H21BrN2. The smallest absolute Gasteiger partial charge is 0.0513 e. The summed E-state index contributed by atoms with van der Waals surface area (Å²) in [6.45, 7) is 3.27. The molecule has 0 aromatic heterocycles. The van der Waals surface area contributed by atoms with Crippen molar-refractivity contribution in [2.45, 2.75) is 44.7 Å². The summed E-state index contributed by atoms with van der Waals surface area (Å²) in [5, 5.41) is 0. The minimum atomic E-state index is 0.105. The lowest BCUT2D eigenvalue weighted by atomic mass is 10.1. The average Bonchev–Trinajstić information content (AvgIpc) is 3.19. The van der Waals surface area contributed by atoms with Gasteiger partial charge in [-0.1, -0.05) is 6.07 Å². The predicted octanol–water partition coefficient (Wildman–Crippen LogP) is 3.85. The van der Waals surface area contributed by atoms with Crippen molar-refractivity contribution in [1.82, 2.24) is 0 Å². The molecule has 0 aliphatic heterocycles. The lowest BCUT2D eigenvalue weighted by Gasteiger charge is -2.26. The summed E-state index contributed by atoms with van der Waals surface area (Å²) >= 11 is 3.73. The molecule has 1 aromatic rings. The van der Waals surface area contributed by atoms with E-state index in [2.05, 4.69) is 39.0 Å². The van der Waals surface area contributed by atoms with E-state index in [0.29, 0.717) is 0 Å². The molecule has 2 aliphatic rings. The molecular weight excluding hydrogens is 288 g/mol. The fourth-order valence-electron chi connectivity index (χ4n) is 2.45. The van der Waals surface area contributed by atoms with E-state index in [1.165, 1.54) is 48.0 Å². The van der Waals surface area contributed by atoms with Crippen molar-refractivity contribution in [3.05, 3.63) is 28.2 Å². The monoisotopic (exact) mass is 308 g/mol. The molecule has 0 radical (unpaired) electrons. The Morgan fingerprint density at radius 3 is 2.56 bits per heavy atom. The van der Waals surface area contributed by atoms with Gasteiger partial charge in [0.1, 0.15) is 0 Å². The van der Waals surface area contributed by atoms with Gasteiger partial charge in [0.05, 0.1) is 5.69 Å². The Morgan fingerprint density at radius 2 is 2.06 bits per heavy atom. The van der Waals surface area contributed by atoms with Crippen molar-refractivity contribution in [3.8, 4) is 0 Å². The third-order valence-electron chi connectivity index (χ3n) is 3.95. The summed E-state index contributed by atoms with van der Waals surface area (Å²) in [5.74, 6) is 0.936. The van der Waals surface area contributed by atoms with E-state index >= 15 is 0 Å². The Bertz CT molecular complexity index is 436.